The van der Waals surface area contributed by atoms with Crippen molar-refractivity contribution in [1.82, 2.24) is 4.98 Å². The first kappa shape index (κ1) is 12.9. The monoisotopic (exact) mass is 270 g/mol. The van der Waals surface area contributed by atoms with Gasteiger partial charge in [0.15, 0.2) is 0 Å². The second-order valence-corrected chi connectivity index (χ2v) is 5.51. The highest BCUT2D eigenvalue weighted by Gasteiger charge is 2.25. The van der Waals surface area contributed by atoms with Gasteiger partial charge in [0.1, 0.15) is 11.4 Å². The van der Waals surface area contributed by atoms with Crippen molar-refractivity contribution in [3.63, 3.8) is 0 Å². The lowest BCUT2D eigenvalue weighted by Gasteiger charge is -2.32. The predicted molar refractivity (Wildman–Crippen MR) is 79.1 cm³/mol. The van der Waals surface area contributed by atoms with Gasteiger partial charge in [-0.25, -0.2) is 9.78 Å². The standard InChI is InChI=1S/C16H18N2O2/c1-10(11-6-4-7-11)17-15-13(16(19)20)9-12-5-2-3-8-14(12)18-15/h2-3,5,8-11H,4,6-7H2,1H3,(H,17,18)(H,19,20). The molecule has 4 nitrogen and oxygen atoms in total. The fourth-order valence-corrected chi connectivity index (χ4v) is 2.66. The van der Waals surface area contributed by atoms with Crippen molar-refractivity contribution in [1.29, 1.82) is 0 Å². The molecule has 2 aromatic rings. The largest absolute Gasteiger partial charge is 0.478 e. The number of para-hydroxylation sites is 1. The van der Waals surface area contributed by atoms with Gasteiger partial charge in [-0.3, -0.25) is 0 Å². The second kappa shape index (κ2) is 5.12. The summed E-state index contributed by atoms with van der Waals surface area (Å²) in [4.78, 5) is 15.9. The van der Waals surface area contributed by atoms with Gasteiger partial charge in [0.2, 0.25) is 0 Å². The van der Waals surface area contributed by atoms with Crippen LogP contribution in [0.15, 0.2) is 30.3 Å². The van der Waals surface area contributed by atoms with E-state index in [9.17, 15) is 9.90 Å². The number of hydrogen-bond acceptors (Lipinski definition) is 3. The van der Waals surface area contributed by atoms with Crippen molar-refractivity contribution < 1.29 is 9.90 Å². The van der Waals surface area contributed by atoms with Crippen LogP contribution in [0, 0.1) is 5.92 Å². The van der Waals surface area contributed by atoms with Crippen LogP contribution >= 0.6 is 0 Å². The fourth-order valence-electron chi connectivity index (χ4n) is 2.66. The molecule has 3 rings (SSSR count). The lowest BCUT2D eigenvalue weighted by Crippen LogP contribution is -2.31. The van der Waals surface area contributed by atoms with E-state index in [1.807, 2.05) is 24.3 Å². The minimum absolute atomic E-state index is 0.245. The van der Waals surface area contributed by atoms with E-state index in [0.717, 1.165) is 10.9 Å². The van der Waals surface area contributed by atoms with Crippen LogP contribution in [-0.2, 0) is 0 Å². The summed E-state index contributed by atoms with van der Waals surface area (Å²) in [5.74, 6) is 0.173. The molecule has 0 radical (unpaired) electrons. The molecular weight excluding hydrogens is 252 g/mol. The Kier molecular flexibility index (Phi) is 3.30. The van der Waals surface area contributed by atoms with Crippen LogP contribution < -0.4 is 5.32 Å². The summed E-state index contributed by atoms with van der Waals surface area (Å²) < 4.78 is 0. The number of hydrogen-bond donors (Lipinski definition) is 2. The Morgan fingerprint density at radius 2 is 2.15 bits per heavy atom. The Hall–Kier alpha value is -2.10. The molecular formula is C16H18N2O2. The minimum Gasteiger partial charge on any atom is -0.478 e. The number of aromatic carboxylic acids is 1. The Labute approximate surface area is 117 Å². The number of nitrogens with one attached hydrogen (secondary N) is 1. The molecule has 1 fully saturated rings. The molecule has 1 atom stereocenters. The van der Waals surface area contributed by atoms with Gasteiger partial charge in [-0.15, -0.1) is 0 Å². The number of fused-ring (bicyclic) bond motifs is 1. The number of pyridine rings is 1. The molecule has 1 aliphatic carbocycles. The molecule has 1 aromatic heterocycles. The third-order valence-electron chi connectivity index (χ3n) is 4.18. The fraction of sp³-hybridized carbons (Fsp3) is 0.375. The highest BCUT2D eigenvalue weighted by molar-refractivity contribution is 5.98. The van der Waals surface area contributed by atoms with Crippen LogP contribution in [0.3, 0.4) is 0 Å². The first-order valence-corrected chi connectivity index (χ1v) is 7.05. The maximum Gasteiger partial charge on any atom is 0.339 e. The van der Waals surface area contributed by atoms with Gasteiger partial charge in [-0.05, 0) is 37.8 Å². The van der Waals surface area contributed by atoms with Crippen LogP contribution in [0.1, 0.15) is 36.5 Å². The topological polar surface area (TPSA) is 62.2 Å². The van der Waals surface area contributed by atoms with Crippen molar-refractivity contribution in [2.45, 2.75) is 32.2 Å². The van der Waals surface area contributed by atoms with Crippen molar-refractivity contribution in [3.05, 3.63) is 35.9 Å². The molecule has 2 N–H and O–H groups in total. The predicted octanol–water partition coefficient (Wildman–Crippen LogP) is 3.53. The summed E-state index contributed by atoms with van der Waals surface area (Å²) in [6.45, 7) is 2.10. The van der Waals surface area contributed by atoms with E-state index in [4.69, 9.17) is 0 Å². The molecule has 104 valence electrons. The highest BCUT2D eigenvalue weighted by atomic mass is 16.4. The molecule has 0 amide bonds. The van der Waals surface area contributed by atoms with Crippen LogP contribution in [0.2, 0.25) is 0 Å². The van der Waals surface area contributed by atoms with E-state index >= 15 is 0 Å². The first-order chi connectivity index (χ1) is 9.65. The van der Waals surface area contributed by atoms with E-state index < -0.39 is 5.97 Å². The molecule has 1 saturated carbocycles. The van der Waals surface area contributed by atoms with Gasteiger partial charge >= 0.3 is 5.97 Å². The van der Waals surface area contributed by atoms with Crippen molar-refractivity contribution >= 4 is 22.7 Å². The van der Waals surface area contributed by atoms with Crippen molar-refractivity contribution in [2.24, 2.45) is 5.92 Å². The zero-order chi connectivity index (χ0) is 14.1. The second-order valence-electron chi connectivity index (χ2n) is 5.51. The van der Waals surface area contributed by atoms with Gasteiger partial charge in [0.25, 0.3) is 0 Å². The first-order valence-electron chi connectivity index (χ1n) is 7.05. The third kappa shape index (κ3) is 2.33. The number of carbonyl (C=O) groups is 1. The molecule has 0 aliphatic heterocycles. The molecule has 0 bridgehead atoms. The summed E-state index contributed by atoms with van der Waals surface area (Å²) in [5.41, 5.74) is 1.07. The Balaban J connectivity index is 1.98. The van der Waals surface area contributed by atoms with Gasteiger partial charge in [0, 0.05) is 11.4 Å². The average Bonchev–Trinajstić information content (AvgIpc) is 2.35. The number of carboxylic acid groups (broad SMARTS) is 1. The molecule has 20 heavy (non-hydrogen) atoms. The Morgan fingerprint density at radius 3 is 2.80 bits per heavy atom. The molecule has 4 heteroatoms. The van der Waals surface area contributed by atoms with Gasteiger partial charge in [0.05, 0.1) is 5.52 Å². The number of rotatable bonds is 4. The van der Waals surface area contributed by atoms with E-state index in [0.29, 0.717) is 11.7 Å². The smallest absolute Gasteiger partial charge is 0.339 e. The summed E-state index contributed by atoms with van der Waals surface area (Å²) in [6.07, 6.45) is 3.70. The normalized spacial score (nSPS) is 16.6. The van der Waals surface area contributed by atoms with Gasteiger partial charge in [-0.1, -0.05) is 24.6 Å². The number of carboxylic acids is 1. The number of aromatic nitrogens is 1. The van der Waals surface area contributed by atoms with E-state index in [2.05, 4.69) is 17.2 Å². The summed E-state index contributed by atoms with van der Waals surface area (Å²) in [6, 6.07) is 9.54. The molecule has 0 saturated heterocycles. The van der Waals surface area contributed by atoms with Crippen LogP contribution in [-0.4, -0.2) is 22.1 Å². The van der Waals surface area contributed by atoms with Gasteiger partial charge in [-0.2, -0.15) is 0 Å². The average molecular weight is 270 g/mol. The molecule has 1 heterocycles. The minimum atomic E-state index is -0.938. The number of benzene rings is 1. The summed E-state index contributed by atoms with van der Waals surface area (Å²) >= 11 is 0. The van der Waals surface area contributed by atoms with E-state index in [1.165, 1.54) is 19.3 Å². The zero-order valence-electron chi connectivity index (χ0n) is 11.5. The molecule has 1 aromatic carbocycles. The SMILES string of the molecule is CC(Nc1nc2ccccc2cc1C(=O)O)C1CCC1. The number of nitrogens with zero attached hydrogens (tertiary/aromatic N) is 1. The lowest BCUT2D eigenvalue weighted by atomic mass is 9.80. The maximum absolute atomic E-state index is 11.4. The molecule has 0 spiro atoms. The Bertz CT molecular complexity index is 650. The lowest BCUT2D eigenvalue weighted by molar-refractivity contribution is 0.0697. The molecule has 1 aliphatic rings. The summed E-state index contributed by atoms with van der Waals surface area (Å²) in [5, 5.41) is 13.5. The van der Waals surface area contributed by atoms with Crippen LogP contribution in [0.5, 0.6) is 0 Å². The Morgan fingerprint density at radius 1 is 1.40 bits per heavy atom. The maximum atomic E-state index is 11.4. The van der Waals surface area contributed by atoms with Gasteiger partial charge < -0.3 is 10.4 Å². The zero-order valence-corrected chi connectivity index (χ0v) is 11.5. The van der Waals surface area contributed by atoms with Crippen LogP contribution in [0.25, 0.3) is 10.9 Å². The van der Waals surface area contributed by atoms with Crippen LogP contribution in [0.4, 0.5) is 5.82 Å². The van der Waals surface area contributed by atoms with E-state index in [1.54, 1.807) is 6.07 Å². The third-order valence-corrected chi connectivity index (χ3v) is 4.18. The molecule has 1 unspecified atom stereocenters. The van der Waals surface area contributed by atoms with E-state index in [-0.39, 0.29) is 11.6 Å². The number of anilines is 1. The quantitative estimate of drug-likeness (QED) is 0.892. The summed E-state index contributed by atoms with van der Waals surface area (Å²) in [7, 11) is 0. The highest BCUT2D eigenvalue weighted by Crippen LogP contribution is 2.31. The van der Waals surface area contributed by atoms with Crippen molar-refractivity contribution in [2.75, 3.05) is 5.32 Å². The van der Waals surface area contributed by atoms with Crippen molar-refractivity contribution in [3.8, 4) is 0 Å².